The van der Waals surface area contributed by atoms with Crippen LogP contribution in [0.25, 0.3) is 11.3 Å². The zero-order valence-corrected chi connectivity index (χ0v) is 16.3. The van der Waals surface area contributed by atoms with Crippen LogP contribution >= 0.6 is 23.2 Å². The molecule has 1 aromatic heterocycles. The van der Waals surface area contributed by atoms with Gasteiger partial charge in [-0.3, -0.25) is 9.59 Å². The van der Waals surface area contributed by atoms with Crippen LogP contribution in [0.5, 0.6) is 0 Å². The summed E-state index contributed by atoms with van der Waals surface area (Å²) < 4.78 is 5.71. The number of halogens is 2. The van der Waals surface area contributed by atoms with Gasteiger partial charge < -0.3 is 9.32 Å². The first-order valence-corrected chi connectivity index (χ1v) is 9.01. The second-order valence-electron chi connectivity index (χ2n) is 6.19. The lowest BCUT2D eigenvalue weighted by molar-refractivity contribution is 0.0754. The number of carbonyl (C=O) groups excluding carboxylic acids is 2. The van der Waals surface area contributed by atoms with Crippen molar-refractivity contribution in [1.82, 2.24) is 4.90 Å². The van der Waals surface area contributed by atoms with E-state index in [4.69, 9.17) is 27.6 Å². The third kappa shape index (κ3) is 4.41. The third-order valence-corrected chi connectivity index (χ3v) is 4.75. The van der Waals surface area contributed by atoms with Crippen molar-refractivity contribution in [3.05, 3.63) is 81.5 Å². The minimum absolute atomic E-state index is 0.000605. The van der Waals surface area contributed by atoms with Crippen LogP contribution in [0.4, 0.5) is 0 Å². The first kappa shape index (κ1) is 19.2. The topological polar surface area (TPSA) is 50.5 Å². The Morgan fingerprint density at radius 2 is 1.70 bits per heavy atom. The van der Waals surface area contributed by atoms with E-state index in [9.17, 15) is 9.59 Å². The molecule has 1 amide bonds. The van der Waals surface area contributed by atoms with E-state index in [1.54, 1.807) is 61.6 Å². The number of carbonyl (C=O) groups is 2. The Balaban J connectivity index is 1.74. The van der Waals surface area contributed by atoms with Crippen LogP contribution in [0.15, 0.2) is 59.0 Å². The molecular weight excluding hydrogens is 385 g/mol. The summed E-state index contributed by atoms with van der Waals surface area (Å²) >= 11 is 12.1. The van der Waals surface area contributed by atoms with Gasteiger partial charge in [0.25, 0.3) is 5.91 Å². The third-order valence-electron chi connectivity index (χ3n) is 4.16. The van der Waals surface area contributed by atoms with E-state index in [1.807, 2.05) is 0 Å². The maximum Gasteiger partial charge on any atom is 0.289 e. The normalized spacial score (nSPS) is 10.7. The molecule has 0 aliphatic rings. The van der Waals surface area contributed by atoms with E-state index in [-0.39, 0.29) is 17.5 Å². The Morgan fingerprint density at radius 3 is 2.33 bits per heavy atom. The van der Waals surface area contributed by atoms with E-state index in [0.717, 1.165) is 11.1 Å². The molecule has 3 rings (SSSR count). The predicted molar refractivity (Wildman–Crippen MR) is 106 cm³/mol. The van der Waals surface area contributed by atoms with Gasteiger partial charge >= 0.3 is 0 Å². The molecule has 0 saturated heterocycles. The molecule has 0 aliphatic heterocycles. The highest BCUT2D eigenvalue weighted by molar-refractivity contribution is 6.35. The van der Waals surface area contributed by atoms with Crippen LogP contribution in [-0.4, -0.2) is 23.6 Å². The number of ketones is 1. The van der Waals surface area contributed by atoms with Crippen molar-refractivity contribution < 1.29 is 14.0 Å². The molecule has 4 nitrogen and oxygen atoms in total. The van der Waals surface area contributed by atoms with Crippen molar-refractivity contribution in [1.29, 1.82) is 0 Å². The highest BCUT2D eigenvalue weighted by atomic mass is 35.5. The van der Waals surface area contributed by atoms with Crippen molar-refractivity contribution in [3.63, 3.8) is 0 Å². The highest BCUT2D eigenvalue weighted by Crippen LogP contribution is 2.25. The van der Waals surface area contributed by atoms with Gasteiger partial charge in [0.2, 0.25) is 0 Å². The van der Waals surface area contributed by atoms with Gasteiger partial charge in [0.15, 0.2) is 11.5 Å². The smallest absolute Gasteiger partial charge is 0.289 e. The largest absolute Gasteiger partial charge is 0.451 e. The Labute approximate surface area is 167 Å². The lowest BCUT2D eigenvalue weighted by atomic mass is 10.1. The van der Waals surface area contributed by atoms with Gasteiger partial charge in [-0.25, -0.2) is 0 Å². The molecule has 138 valence electrons. The fourth-order valence-electron chi connectivity index (χ4n) is 2.64. The molecular formula is C21H17Cl2NO3. The van der Waals surface area contributed by atoms with Crippen molar-refractivity contribution in [2.24, 2.45) is 0 Å². The fourth-order valence-corrected chi connectivity index (χ4v) is 3.11. The Hall–Kier alpha value is -2.56. The number of nitrogens with zero attached hydrogens (tertiary/aromatic N) is 1. The molecule has 0 radical (unpaired) electrons. The monoisotopic (exact) mass is 401 g/mol. The van der Waals surface area contributed by atoms with Crippen molar-refractivity contribution in [2.45, 2.75) is 13.5 Å². The molecule has 0 spiro atoms. The maximum atomic E-state index is 12.6. The summed E-state index contributed by atoms with van der Waals surface area (Å²) in [5.41, 5.74) is 2.21. The Bertz CT molecular complexity index is 993. The predicted octanol–water partition coefficient (Wildman–Crippen LogP) is 5.73. The molecule has 2 aromatic carbocycles. The molecule has 0 N–H and O–H groups in total. The minimum atomic E-state index is -0.257. The first-order valence-electron chi connectivity index (χ1n) is 8.26. The van der Waals surface area contributed by atoms with Gasteiger partial charge in [0, 0.05) is 34.8 Å². The summed E-state index contributed by atoms with van der Waals surface area (Å²) in [6.45, 7) is 1.85. The van der Waals surface area contributed by atoms with Crippen molar-refractivity contribution in [3.8, 4) is 11.3 Å². The molecule has 0 unspecified atom stereocenters. The average molecular weight is 402 g/mol. The van der Waals surface area contributed by atoms with Crippen LogP contribution in [0.2, 0.25) is 10.0 Å². The summed E-state index contributed by atoms with van der Waals surface area (Å²) in [7, 11) is 1.68. The van der Waals surface area contributed by atoms with Crippen LogP contribution < -0.4 is 0 Å². The van der Waals surface area contributed by atoms with Gasteiger partial charge in [-0.15, -0.1) is 0 Å². The molecule has 3 aromatic rings. The maximum absolute atomic E-state index is 12.6. The number of rotatable bonds is 5. The highest BCUT2D eigenvalue weighted by Gasteiger charge is 2.18. The number of Topliss-reactive ketones (excluding diaryl/α,β-unsaturated/α-hetero) is 1. The van der Waals surface area contributed by atoms with Gasteiger partial charge in [-0.2, -0.15) is 0 Å². The second-order valence-corrected chi connectivity index (χ2v) is 7.04. The standard InChI is InChI=1S/C21H17Cl2NO3/c1-13(25)14-3-5-15(6-4-14)19-9-10-20(27-19)21(26)24(2)12-16-7-8-17(22)11-18(16)23/h3-11H,12H2,1-2H3. The number of benzene rings is 2. The molecule has 1 heterocycles. The van der Waals surface area contributed by atoms with Gasteiger partial charge in [-0.05, 0) is 36.8 Å². The summed E-state index contributed by atoms with van der Waals surface area (Å²) in [5, 5.41) is 1.05. The quantitative estimate of drug-likeness (QED) is 0.513. The van der Waals surface area contributed by atoms with Gasteiger partial charge in [-0.1, -0.05) is 53.5 Å². The van der Waals surface area contributed by atoms with Crippen LogP contribution in [0, 0.1) is 0 Å². The van der Waals surface area contributed by atoms with Crippen LogP contribution in [0.3, 0.4) is 0 Å². The summed E-state index contributed by atoms with van der Waals surface area (Å²) in [6, 6.07) is 15.6. The van der Waals surface area contributed by atoms with E-state index >= 15 is 0 Å². The Morgan fingerprint density at radius 1 is 1.00 bits per heavy atom. The Kier molecular flexibility index (Phi) is 5.68. The van der Waals surface area contributed by atoms with Crippen molar-refractivity contribution >= 4 is 34.9 Å². The second kappa shape index (κ2) is 7.99. The minimum Gasteiger partial charge on any atom is -0.451 e. The molecule has 0 bridgehead atoms. The van der Waals surface area contributed by atoms with E-state index in [1.165, 1.54) is 11.8 Å². The average Bonchev–Trinajstić information content (AvgIpc) is 3.13. The lowest BCUT2D eigenvalue weighted by Crippen LogP contribution is -2.25. The molecule has 27 heavy (non-hydrogen) atoms. The summed E-state index contributed by atoms with van der Waals surface area (Å²) in [4.78, 5) is 25.5. The number of hydrogen-bond donors (Lipinski definition) is 0. The van der Waals surface area contributed by atoms with Crippen LogP contribution in [0.1, 0.15) is 33.4 Å². The lowest BCUT2D eigenvalue weighted by Gasteiger charge is -2.16. The van der Waals surface area contributed by atoms with E-state index in [0.29, 0.717) is 27.9 Å². The molecule has 0 aliphatic carbocycles. The van der Waals surface area contributed by atoms with E-state index in [2.05, 4.69) is 0 Å². The van der Waals surface area contributed by atoms with Crippen molar-refractivity contribution in [2.75, 3.05) is 7.05 Å². The summed E-state index contributed by atoms with van der Waals surface area (Å²) in [6.07, 6.45) is 0. The number of furan rings is 1. The summed E-state index contributed by atoms with van der Waals surface area (Å²) in [5.74, 6) is 0.534. The van der Waals surface area contributed by atoms with E-state index < -0.39 is 0 Å². The SMILES string of the molecule is CC(=O)c1ccc(-c2ccc(C(=O)N(C)Cc3ccc(Cl)cc3Cl)o2)cc1. The molecule has 0 saturated carbocycles. The van der Waals surface area contributed by atoms with Gasteiger partial charge in [0.1, 0.15) is 5.76 Å². The first-order chi connectivity index (χ1) is 12.8. The van der Waals surface area contributed by atoms with Gasteiger partial charge in [0.05, 0.1) is 0 Å². The van der Waals surface area contributed by atoms with Crippen LogP contribution in [-0.2, 0) is 6.54 Å². The molecule has 0 atom stereocenters. The fraction of sp³-hybridized carbons (Fsp3) is 0.143. The zero-order chi connectivity index (χ0) is 19.6. The zero-order valence-electron chi connectivity index (χ0n) is 14.8. The number of hydrogen-bond acceptors (Lipinski definition) is 3. The molecule has 0 fully saturated rings. The molecule has 6 heteroatoms. The number of amides is 1.